The molecule has 2 heterocycles. The molecule has 1 heteroatoms. The third-order valence-electron chi connectivity index (χ3n) is 4.15. The number of hydrogen-bond donors (Lipinski definition) is 0. The molecule has 0 aromatic heterocycles. The van der Waals surface area contributed by atoms with Crippen LogP contribution in [-0.4, -0.2) is 6.71 Å². The Labute approximate surface area is 82.9 Å². The molecule has 0 amide bonds. The van der Waals surface area contributed by atoms with E-state index in [1.165, 1.54) is 44.8 Å². The minimum absolute atomic E-state index is 1.05. The first-order valence-corrected chi connectivity index (χ1v) is 6.03. The lowest BCUT2D eigenvalue weighted by molar-refractivity contribution is 0.443. The van der Waals surface area contributed by atoms with Crippen molar-refractivity contribution in [3.63, 3.8) is 0 Å². The van der Waals surface area contributed by atoms with E-state index in [2.05, 4.69) is 19.1 Å². The van der Waals surface area contributed by atoms with E-state index in [1.807, 2.05) is 0 Å². The van der Waals surface area contributed by atoms with Crippen LogP contribution in [0.15, 0.2) is 12.2 Å². The van der Waals surface area contributed by atoms with Crippen LogP contribution in [0.4, 0.5) is 0 Å². The van der Waals surface area contributed by atoms with Gasteiger partial charge in [-0.1, -0.05) is 68.6 Å². The molecule has 0 saturated carbocycles. The van der Waals surface area contributed by atoms with Gasteiger partial charge in [-0.3, -0.25) is 0 Å². The van der Waals surface area contributed by atoms with Crippen molar-refractivity contribution < 1.29 is 0 Å². The van der Waals surface area contributed by atoms with Crippen molar-refractivity contribution in [2.75, 3.05) is 0 Å². The van der Waals surface area contributed by atoms with Gasteiger partial charge in [-0.25, -0.2) is 0 Å². The van der Waals surface area contributed by atoms with Crippen LogP contribution in [-0.2, 0) is 0 Å². The summed E-state index contributed by atoms with van der Waals surface area (Å²) in [6.07, 6.45) is 15.1. The highest BCUT2D eigenvalue weighted by Gasteiger charge is 2.37. The van der Waals surface area contributed by atoms with Gasteiger partial charge in [-0.15, -0.1) is 0 Å². The standard InChI is InChI=1S/C12H21B/c1-2-3-10-13-11-6-4-7-12(13)9-5-8-11/h2-3,11-12H,4-10H2,1H3/b3-2-. The number of hydrogen-bond acceptors (Lipinski definition) is 0. The Morgan fingerprint density at radius 3 is 2.08 bits per heavy atom. The maximum atomic E-state index is 2.39. The summed E-state index contributed by atoms with van der Waals surface area (Å²) in [4.78, 5) is 0. The predicted molar refractivity (Wildman–Crippen MR) is 60.6 cm³/mol. The number of rotatable bonds is 2. The second kappa shape index (κ2) is 4.35. The van der Waals surface area contributed by atoms with Crippen molar-refractivity contribution in [2.45, 2.75) is 63.4 Å². The molecule has 0 N–H and O–H groups in total. The van der Waals surface area contributed by atoms with Crippen LogP contribution < -0.4 is 0 Å². The van der Waals surface area contributed by atoms with Crippen molar-refractivity contribution >= 4 is 6.71 Å². The zero-order valence-corrected chi connectivity index (χ0v) is 8.84. The number of fused-ring (bicyclic) bond motifs is 2. The van der Waals surface area contributed by atoms with Crippen LogP contribution in [0.3, 0.4) is 0 Å². The van der Waals surface area contributed by atoms with Gasteiger partial charge in [0, 0.05) is 0 Å². The van der Waals surface area contributed by atoms with E-state index >= 15 is 0 Å². The summed E-state index contributed by atoms with van der Waals surface area (Å²) in [6.45, 7) is 3.21. The monoisotopic (exact) mass is 176 g/mol. The van der Waals surface area contributed by atoms with Crippen LogP contribution in [0.25, 0.3) is 0 Å². The average molecular weight is 176 g/mol. The molecular formula is C12H21B. The predicted octanol–water partition coefficient (Wildman–Crippen LogP) is 4.17. The van der Waals surface area contributed by atoms with Crippen LogP contribution in [0.2, 0.25) is 18.0 Å². The highest BCUT2D eigenvalue weighted by molar-refractivity contribution is 6.63. The first kappa shape index (κ1) is 9.36. The van der Waals surface area contributed by atoms with Gasteiger partial charge in [0.2, 0.25) is 0 Å². The van der Waals surface area contributed by atoms with E-state index < -0.39 is 0 Å². The normalized spacial score (nSPS) is 34.1. The Balaban J connectivity index is 1.98. The van der Waals surface area contributed by atoms with E-state index in [0.29, 0.717) is 0 Å². The van der Waals surface area contributed by atoms with E-state index in [-0.39, 0.29) is 0 Å². The highest BCUT2D eigenvalue weighted by atomic mass is 14.2. The molecule has 2 saturated heterocycles. The molecule has 13 heavy (non-hydrogen) atoms. The van der Waals surface area contributed by atoms with Crippen LogP contribution in [0.5, 0.6) is 0 Å². The quantitative estimate of drug-likeness (QED) is 0.437. The van der Waals surface area contributed by atoms with E-state index in [1.54, 1.807) is 0 Å². The van der Waals surface area contributed by atoms with Gasteiger partial charge in [-0.2, -0.15) is 0 Å². The molecule has 0 unspecified atom stereocenters. The fourth-order valence-corrected chi connectivity index (χ4v) is 3.49. The van der Waals surface area contributed by atoms with Gasteiger partial charge in [0.1, 0.15) is 6.71 Å². The van der Waals surface area contributed by atoms with Crippen molar-refractivity contribution in [2.24, 2.45) is 0 Å². The third-order valence-corrected chi connectivity index (χ3v) is 4.15. The maximum absolute atomic E-state index is 2.39. The summed E-state index contributed by atoms with van der Waals surface area (Å²) in [5.74, 6) is 2.17. The summed E-state index contributed by atoms with van der Waals surface area (Å²) in [6, 6.07) is 0. The number of allylic oxidation sites excluding steroid dienone is 2. The van der Waals surface area contributed by atoms with Crippen molar-refractivity contribution in [3.8, 4) is 0 Å². The second-order valence-corrected chi connectivity index (χ2v) is 4.85. The minimum atomic E-state index is 1.05. The van der Waals surface area contributed by atoms with E-state index in [9.17, 15) is 0 Å². The third kappa shape index (κ3) is 2.00. The molecule has 0 aromatic rings. The molecule has 2 bridgehead atoms. The van der Waals surface area contributed by atoms with Crippen molar-refractivity contribution in [1.82, 2.24) is 0 Å². The molecule has 72 valence electrons. The zero-order chi connectivity index (χ0) is 9.10. The summed E-state index contributed by atoms with van der Waals surface area (Å²) >= 11 is 0. The second-order valence-electron chi connectivity index (χ2n) is 4.85. The molecule has 2 aliphatic rings. The van der Waals surface area contributed by atoms with Gasteiger partial charge in [0.15, 0.2) is 0 Å². The molecule has 2 aliphatic heterocycles. The minimum Gasteiger partial charge on any atom is -0.0960 e. The Bertz CT molecular complexity index is 164. The summed E-state index contributed by atoms with van der Waals surface area (Å²) in [5.41, 5.74) is 0. The molecular weight excluding hydrogens is 155 g/mol. The molecule has 0 nitrogen and oxygen atoms in total. The van der Waals surface area contributed by atoms with Gasteiger partial charge in [-0.05, 0) is 6.92 Å². The average Bonchev–Trinajstić information content (AvgIpc) is 2.14. The van der Waals surface area contributed by atoms with Gasteiger partial charge in [0.05, 0.1) is 0 Å². The van der Waals surface area contributed by atoms with E-state index in [4.69, 9.17) is 0 Å². The lowest BCUT2D eigenvalue weighted by Gasteiger charge is -2.40. The Kier molecular flexibility index (Phi) is 3.13. The Morgan fingerprint density at radius 1 is 1.08 bits per heavy atom. The molecule has 2 fully saturated rings. The summed E-state index contributed by atoms with van der Waals surface area (Å²) < 4.78 is 0. The molecule has 0 radical (unpaired) electrons. The SMILES string of the molecule is C/C=C\CB1C2CCCC1CCC2. The summed E-state index contributed by atoms with van der Waals surface area (Å²) in [5, 5.41) is 0. The Morgan fingerprint density at radius 2 is 1.62 bits per heavy atom. The highest BCUT2D eigenvalue weighted by Crippen LogP contribution is 2.47. The van der Waals surface area contributed by atoms with Crippen molar-refractivity contribution in [3.05, 3.63) is 12.2 Å². The molecule has 2 rings (SSSR count). The molecule has 0 atom stereocenters. The fourth-order valence-electron chi connectivity index (χ4n) is 3.49. The largest absolute Gasteiger partial charge is 0.150 e. The molecule has 0 aromatic carbocycles. The molecule has 0 aliphatic carbocycles. The van der Waals surface area contributed by atoms with Crippen LogP contribution in [0, 0.1) is 0 Å². The van der Waals surface area contributed by atoms with Crippen LogP contribution in [0.1, 0.15) is 45.4 Å². The lowest BCUT2D eigenvalue weighted by Crippen LogP contribution is -2.33. The van der Waals surface area contributed by atoms with E-state index in [0.717, 1.165) is 18.3 Å². The topological polar surface area (TPSA) is 0 Å². The maximum Gasteiger partial charge on any atom is 0.150 e. The summed E-state index contributed by atoms with van der Waals surface area (Å²) in [7, 11) is 0. The first-order valence-electron chi connectivity index (χ1n) is 6.03. The first-order chi connectivity index (χ1) is 6.42. The van der Waals surface area contributed by atoms with Crippen LogP contribution >= 0.6 is 0 Å². The lowest BCUT2D eigenvalue weighted by atomic mass is 9.26. The van der Waals surface area contributed by atoms with Gasteiger partial charge in [0.25, 0.3) is 0 Å². The van der Waals surface area contributed by atoms with Crippen molar-refractivity contribution in [1.29, 1.82) is 0 Å². The van der Waals surface area contributed by atoms with Gasteiger partial charge >= 0.3 is 0 Å². The smallest absolute Gasteiger partial charge is 0.0960 e. The van der Waals surface area contributed by atoms with Gasteiger partial charge < -0.3 is 0 Å². The fraction of sp³-hybridized carbons (Fsp3) is 0.833. The Hall–Kier alpha value is -0.195. The molecule has 0 spiro atoms. The zero-order valence-electron chi connectivity index (χ0n) is 8.84.